The Hall–Kier alpha value is -3.81. The van der Waals surface area contributed by atoms with Crippen LogP contribution < -0.4 is 10.5 Å². The molecule has 8 heteroatoms. The second-order valence-electron chi connectivity index (χ2n) is 8.24. The van der Waals surface area contributed by atoms with Gasteiger partial charge in [0, 0.05) is 13.2 Å². The van der Waals surface area contributed by atoms with Gasteiger partial charge in [-0.1, -0.05) is 30.3 Å². The Morgan fingerprint density at radius 2 is 1.82 bits per heavy atom. The summed E-state index contributed by atoms with van der Waals surface area (Å²) in [4.78, 5) is 23.1. The number of pyridine rings is 1. The highest BCUT2D eigenvalue weighted by Gasteiger charge is 2.50. The molecule has 1 unspecified atom stereocenters. The summed E-state index contributed by atoms with van der Waals surface area (Å²) in [6, 6.07) is 17.9. The molecule has 0 saturated heterocycles. The van der Waals surface area contributed by atoms with Gasteiger partial charge in [0.1, 0.15) is 11.4 Å². The molecular formula is C25H22F2N4O2. The highest BCUT2D eigenvalue weighted by molar-refractivity contribution is 6.09. The lowest BCUT2D eigenvalue weighted by molar-refractivity contribution is -0.129. The molecule has 1 aliphatic heterocycles. The quantitative estimate of drug-likeness (QED) is 0.611. The van der Waals surface area contributed by atoms with E-state index in [4.69, 9.17) is 10.5 Å². The molecule has 0 spiro atoms. The number of amides is 1. The van der Waals surface area contributed by atoms with Crippen LogP contribution in [-0.4, -0.2) is 34.9 Å². The average Bonchev–Trinajstić information content (AvgIpc) is 3.62. The highest BCUT2D eigenvalue weighted by Crippen LogP contribution is 2.43. The zero-order chi connectivity index (χ0) is 23.2. The molecule has 33 heavy (non-hydrogen) atoms. The second kappa shape index (κ2) is 7.95. The summed E-state index contributed by atoms with van der Waals surface area (Å²) in [5.74, 6) is 0.159. The minimum absolute atomic E-state index is 0.00480. The van der Waals surface area contributed by atoms with E-state index < -0.39 is 23.6 Å². The van der Waals surface area contributed by atoms with E-state index in [0.29, 0.717) is 11.3 Å². The molecule has 1 aliphatic carbocycles. The predicted molar refractivity (Wildman–Crippen MR) is 120 cm³/mol. The van der Waals surface area contributed by atoms with Crippen LogP contribution in [0.5, 0.6) is 5.75 Å². The maximum Gasteiger partial charge on any atom is 0.280 e. The molecule has 1 saturated carbocycles. The molecule has 2 aliphatic rings. The number of hydrogen-bond donors (Lipinski definition) is 1. The number of aliphatic imine (C=N–C) groups is 1. The number of aromatic nitrogens is 1. The molecular weight excluding hydrogens is 426 g/mol. The van der Waals surface area contributed by atoms with Crippen LogP contribution in [0.2, 0.25) is 0 Å². The molecule has 0 radical (unpaired) electrons. The first kappa shape index (κ1) is 21.1. The van der Waals surface area contributed by atoms with Crippen molar-refractivity contribution in [1.82, 2.24) is 9.88 Å². The van der Waals surface area contributed by atoms with Crippen molar-refractivity contribution in [3.63, 3.8) is 0 Å². The van der Waals surface area contributed by atoms with Crippen molar-refractivity contribution >= 4 is 11.9 Å². The normalized spacial score (nSPS) is 20.3. The van der Waals surface area contributed by atoms with E-state index in [0.717, 1.165) is 24.0 Å². The van der Waals surface area contributed by atoms with Crippen LogP contribution in [0.1, 0.15) is 36.1 Å². The molecule has 2 aromatic carbocycles. The zero-order valence-electron chi connectivity index (χ0n) is 17.9. The van der Waals surface area contributed by atoms with E-state index in [1.54, 1.807) is 6.07 Å². The third-order valence-electron chi connectivity index (χ3n) is 5.92. The SMILES string of the molecule is CN1C(=O)C(c2cc(OC3CC3)cc(-c3ccccc3)c2)(c2ccnc(C(F)F)c2)N=C1N. The Balaban J connectivity index is 1.75. The molecule has 3 aromatic rings. The molecule has 5 rings (SSSR count). The minimum atomic E-state index is -2.79. The topological polar surface area (TPSA) is 80.8 Å². The van der Waals surface area contributed by atoms with Gasteiger partial charge in [-0.15, -0.1) is 0 Å². The first-order valence-corrected chi connectivity index (χ1v) is 10.6. The van der Waals surface area contributed by atoms with E-state index >= 15 is 0 Å². The van der Waals surface area contributed by atoms with Crippen molar-refractivity contribution < 1.29 is 18.3 Å². The van der Waals surface area contributed by atoms with Gasteiger partial charge in [0.2, 0.25) is 0 Å². The average molecular weight is 448 g/mol. The van der Waals surface area contributed by atoms with Gasteiger partial charge in [0.05, 0.1) is 6.10 Å². The lowest BCUT2D eigenvalue weighted by Gasteiger charge is -2.27. The van der Waals surface area contributed by atoms with Gasteiger partial charge in [-0.3, -0.25) is 14.7 Å². The molecule has 1 aromatic heterocycles. The molecule has 0 bridgehead atoms. The van der Waals surface area contributed by atoms with Crippen LogP contribution in [0.25, 0.3) is 11.1 Å². The first-order chi connectivity index (χ1) is 15.9. The second-order valence-corrected chi connectivity index (χ2v) is 8.24. The van der Waals surface area contributed by atoms with Crippen LogP contribution in [-0.2, 0) is 10.3 Å². The molecule has 1 fully saturated rings. The monoisotopic (exact) mass is 448 g/mol. The number of guanidine groups is 1. The molecule has 1 atom stereocenters. The number of benzene rings is 2. The number of carbonyl (C=O) groups is 1. The van der Waals surface area contributed by atoms with Gasteiger partial charge in [-0.2, -0.15) is 0 Å². The van der Waals surface area contributed by atoms with Gasteiger partial charge in [0.25, 0.3) is 12.3 Å². The van der Waals surface area contributed by atoms with Gasteiger partial charge < -0.3 is 10.5 Å². The van der Waals surface area contributed by atoms with E-state index in [-0.39, 0.29) is 17.6 Å². The third kappa shape index (κ3) is 3.71. The first-order valence-electron chi connectivity index (χ1n) is 10.6. The predicted octanol–water partition coefficient (Wildman–Crippen LogP) is 4.26. The standard InChI is InChI=1S/C25H22F2N4O2/c1-31-23(32)25(30-24(31)28,17-9-10-29-21(14-17)22(26)27)18-11-16(15-5-3-2-4-6-15)12-20(13-18)33-19-7-8-19/h2-6,9-14,19,22H,7-8H2,1H3,(H2,28,30). The number of halogens is 2. The van der Waals surface area contributed by atoms with Crippen molar-refractivity contribution in [2.75, 3.05) is 7.05 Å². The van der Waals surface area contributed by atoms with E-state index in [9.17, 15) is 13.6 Å². The zero-order valence-corrected chi connectivity index (χ0v) is 17.9. The molecule has 6 nitrogen and oxygen atoms in total. The number of alkyl halides is 2. The summed E-state index contributed by atoms with van der Waals surface area (Å²) in [5.41, 5.74) is 6.50. The minimum Gasteiger partial charge on any atom is -0.490 e. The number of nitrogens with zero attached hydrogens (tertiary/aromatic N) is 3. The Bertz CT molecular complexity index is 1240. The van der Waals surface area contributed by atoms with Crippen LogP contribution in [0.4, 0.5) is 8.78 Å². The lowest BCUT2D eigenvalue weighted by atomic mass is 9.81. The maximum absolute atomic E-state index is 13.6. The van der Waals surface area contributed by atoms with Crippen molar-refractivity contribution in [3.8, 4) is 16.9 Å². The fourth-order valence-electron chi connectivity index (χ4n) is 4.03. The van der Waals surface area contributed by atoms with Crippen LogP contribution in [0.3, 0.4) is 0 Å². The number of hydrogen-bond acceptors (Lipinski definition) is 5. The fourth-order valence-corrected chi connectivity index (χ4v) is 4.03. The summed E-state index contributed by atoms with van der Waals surface area (Å²) >= 11 is 0. The number of carbonyl (C=O) groups excluding carboxylic acids is 1. The molecule has 2 heterocycles. The van der Waals surface area contributed by atoms with Gasteiger partial charge in [-0.05, 0) is 65.4 Å². The Labute approximate surface area is 189 Å². The number of ether oxygens (including phenoxy) is 1. The Morgan fingerprint density at radius 3 is 2.45 bits per heavy atom. The van der Waals surface area contributed by atoms with Gasteiger partial charge in [0.15, 0.2) is 11.5 Å². The van der Waals surface area contributed by atoms with Gasteiger partial charge >= 0.3 is 0 Å². The number of likely N-dealkylation sites (N-methyl/N-ethyl adjacent to an activating group) is 1. The largest absolute Gasteiger partial charge is 0.490 e. The third-order valence-corrected chi connectivity index (χ3v) is 5.92. The number of rotatable bonds is 6. The number of nitrogens with two attached hydrogens (primary N) is 1. The van der Waals surface area contributed by atoms with E-state index in [1.807, 2.05) is 42.5 Å². The smallest absolute Gasteiger partial charge is 0.280 e. The van der Waals surface area contributed by atoms with Crippen molar-refractivity contribution in [2.45, 2.75) is 30.9 Å². The van der Waals surface area contributed by atoms with Crippen molar-refractivity contribution in [3.05, 3.63) is 83.7 Å². The fraction of sp³-hybridized carbons (Fsp3) is 0.240. The highest BCUT2D eigenvalue weighted by atomic mass is 19.3. The Kier molecular flexibility index (Phi) is 5.08. The van der Waals surface area contributed by atoms with E-state index in [1.165, 1.54) is 30.3 Å². The summed E-state index contributed by atoms with van der Waals surface area (Å²) in [6.07, 6.45) is 0.526. The summed E-state index contributed by atoms with van der Waals surface area (Å²) < 4.78 is 33.0. The summed E-state index contributed by atoms with van der Waals surface area (Å²) in [6.45, 7) is 0. The maximum atomic E-state index is 13.6. The molecule has 168 valence electrons. The van der Waals surface area contributed by atoms with Crippen molar-refractivity contribution in [1.29, 1.82) is 0 Å². The molecule has 1 amide bonds. The molecule has 2 N–H and O–H groups in total. The van der Waals surface area contributed by atoms with E-state index in [2.05, 4.69) is 9.98 Å². The van der Waals surface area contributed by atoms with Crippen LogP contribution in [0.15, 0.2) is 71.9 Å². The van der Waals surface area contributed by atoms with Crippen LogP contribution >= 0.6 is 0 Å². The summed E-state index contributed by atoms with van der Waals surface area (Å²) in [7, 11) is 1.51. The van der Waals surface area contributed by atoms with Gasteiger partial charge in [-0.25, -0.2) is 13.8 Å². The Morgan fingerprint density at radius 1 is 1.06 bits per heavy atom. The van der Waals surface area contributed by atoms with Crippen molar-refractivity contribution in [2.24, 2.45) is 10.7 Å². The lowest BCUT2D eigenvalue weighted by Crippen LogP contribution is -2.41. The summed E-state index contributed by atoms with van der Waals surface area (Å²) in [5, 5.41) is 0. The van der Waals surface area contributed by atoms with Crippen LogP contribution in [0, 0.1) is 0 Å².